The first kappa shape index (κ1) is 21.7. The number of nitrogens with zero attached hydrogens (tertiary/aromatic N) is 2. The van der Waals surface area contributed by atoms with Crippen LogP contribution in [0.3, 0.4) is 0 Å². The zero-order chi connectivity index (χ0) is 24.5. The lowest BCUT2D eigenvalue weighted by molar-refractivity contribution is -0.137. The number of aromatic nitrogens is 1. The van der Waals surface area contributed by atoms with E-state index >= 15 is 0 Å². The summed E-state index contributed by atoms with van der Waals surface area (Å²) in [7, 11) is 0. The number of fused-ring (bicyclic) bond motifs is 3. The molecule has 0 radical (unpaired) electrons. The van der Waals surface area contributed by atoms with E-state index in [9.17, 15) is 34.5 Å². The number of nitrogens with two attached hydrogens (primary N) is 1. The maximum absolute atomic E-state index is 13.7. The van der Waals surface area contributed by atoms with Crippen LogP contribution in [0.25, 0.3) is 10.8 Å². The van der Waals surface area contributed by atoms with Crippen LogP contribution in [0.4, 0.5) is 0 Å². The third-order valence-corrected chi connectivity index (χ3v) is 6.60. The number of ketones is 2. The molecule has 34 heavy (non-hydrogen) atoms. The number of hydrogen-bond donors (Lipinski definition) is 4. The Kier molecular flexibility index (Phi) is 4.73. The van der Waals surface area contributed by atoms with E-state index in [1.807, 2.05) is 0 Å². The minimum atomic E-state index is -1.28. The molecule has 0 bridgehead atoms. The predicted molar refractivity (Wildman–Crippen MR) is 119 cm³/mol. The Balaban J connectivity index is 1.82. The predicted octanol–water partition coefficient (Wildman–Crippen LogP) is 1.39. The molecule has 1 aliphatic carbocycles. The summed E-state index contributed by atoms with van der Waals surface area (Å²) in [5, 5.41) is 31.6. The molecular weight excluding hydrogens is 442 g/mol. The van der Waals surface area contributed by atoms with E-state index < -0.39 is 52.6 Å². The van der Waals surface area contributed by atoms with E-state index in [4.69, 9.17) is 5.73 Å². The molecule has 1 amide bonds. The van der Waals surface area contributed by atoms with Crippen molar-refractivity contribution < 1.29 is 34.5 Å². The summed E-state index contributed by atoms with van der Waals surface area (Å²) in [6, 6.07) is 5.96. The van der Waals surface area contributed by atoms with Crippen LogP contribution in [0.15, 0.2) is 24.3 Å². The Morgan fingerprint density at radius 3 is 2.15 bits per heavy atom. The number of aromatic hydroxyl groups is 2. The lowest BCUT2D eigenvalue weighted by Gasteiger charge is -2.21. The van der Waals surface area contributed by atoms with Crippen molar-refractivity contribution in [2.24, 2.45) is 5.73 Å². The van der Waals surface area contributed by atoms with Crippen LogP contribution < -0.4 is 5.73 Å². The zero-order valence-corrected chi connectivity index (χ0v) is 18.2. The lowest BCUT2D eigenvalue weighted by Crippen LogP contribution is -2.33. The molecule has 10 nitrogen and oxygen atoms in total. The van der Waals surface area contributed by atoms with E-state index in [-0.39, 0.29) is 45.9 Å². The van der Waals surface area contributed by atoms with E-state index in [1.165, 1.54) is 24.0 Å². The molecule has 1 aromatic heterocycles. The van der Waals surface area contributed by atoms with Gasteiger partial charge >= 0.3 is 5.97 Å². The van der Waals surface area contributed by atoms with Gasteiger partial charge in [0.25, 0.3) is 5.91 Å². The van der Waals surface area contributed by atoms with Crippen molar-refractivity contribution in [2.45, 2.75) is 25.9 Å². The SMILES string of the molecule is Cc1c(C(=O)N2CC[C@H](N)C2)c2c(n1CC(=O)O)C(=O)c1c(c(O)c3ccccc3c1O)C2=O. The quantitative estimate of drug-likeness (QED) is 0.331. The van der Waals surface area contributed by atoms with Gasteiger partial charge in [0.2, 0.25) is 11.6 Å². The van der Waals surface area contributed by atoms with Crippen LogP contribution in [-0.4, -0.2) is 67.4 Å². The van der Waals surface area contributed by atoms with Gasteiger partial charge in [-0.3, -0.25) is 19.2 Å². The first-order valence-electron chi connectivity index (χ1n) is 10.7. The van der Waals surface area contributed by atoms with Gasteiger partial charge in [-0.05, 0) is 13.3 Å². The summed E-state index contributed by atoms with van der Waals surface area (Å²) < 4.78 is 1.11. The molecule has 1 saturated heterocycles. The summed E-state index contributed by atoms with van der Waals surface area (Å²) in [5.41, 5.74) is 4.58. The third kappa shape index (κ3) is 2.85. The second kappa shape index (κ2) is 7.42. The second-order valence-corrected chi connectivity index (χ2v) is 8.61. The molecule has 1 aliphatic heterocycles. The zero-order valence-electron chi connectivity index (χ0n) is 18.2. The highest BCUT2D eigenvalue weighted by Crippen LogP contribution is 2.45. The molecule has 5 rings (SSSR count). The van der Waals surface area contributed by atoms with Crippen molar-refractivity contribution in [3.63, 3.8) is 0 Å². The molecule has 2 heterocycles. The Bertz CT molecular complexity index is 1450. The average molecular weight is 463 g/mol. The number of carbonyl (C=O) groups excluding carboxylic acids is 3. The smallest absolute Gasteiger partial charge is 0.323 e. The van der Waals surface area contributed by atoms with Crippen molar-refractivity contribution in [1.82, 2.24) is 9.47 Å². The number of carbonyl (C=O) groups is 4. The highest BCUT2D eigenvalue weighted by atomic mass is 16.4. The number of phenols is 2. The Morgan fingerprint density at radius 1 is 1.03 bits per heavy atom. The monoisotopic (exact) mass is 463 g/mol. The fourth-order valence-electron chi connectivity index (χ4n) is 5.01. The molecule has 0 spiro atoms. The fourth-order valence-corrected chi connectivity index (χ4v) is 5.01. The summed E-state index contributed by atoms with van der Waals surface area (Å²) in [6.45, 7) is 1.40. The van der Waals surface area contributed by atoms with Crippen LogP contribution in [0.1, 0.15) is 54.4 Å². The van der Waals surface area contributed by atoms with Crippen LogP contribution in [0, 0.1) is 6.92 Å². The standard InChI is InChI=1S/C24H21N3O7/c1-10-15(24(34)26-7-6-11(25)8-26)16-19(27(10)9-14(28)29)23(33)18-17(22(16)32)20(30)12-4-2-3-5-13(12)21(18)31/h2-5,11,30-31H,6-9,25H2,1H3,(H,28,29)/t11-/m0/s1. The molecule has 2 aromatic carbocycles. The minimum absolute atomic E-state index is 0.0959. The van der Waals surface area contributed by atoms with Crippen molar-refractivity contribution in [3.05, 3.63) is 57.9 Å². The number of likely N-dealkylation sites (tertiary alicyclic amines) is 1. The summed E-state index contributed by atoms with van der Waals surface area (Å²) in [4.78, 5) is 53.9. The van der Waals surface area contributed by atoms with Gasteiger partial charge in [0, 0.05) is 35.6 Å². The average Bonchev–Trinajstić information content (AvgIpc) is 3.35. The van der Waals surface area contributed by atoms with E-state index in [0.717, 1.165) is 4.57 Å². The van der Waals surface area contributed by atoms with Gasteiger partial charge in [0.1, 0.15) is 23.7 Å². The number of benzene rings is 2. The number of rotatable bonds is 3. The maximum Gasteiger partial charge on any atom is 0.323 e. The molecule has 1 atom stereocenters. The normalized spacial score (nSPS) is 17.2. The number of amides is 1. The largest absolute Gasteiger partial charge is 0.506 e. The first-order chi connectivity index (χ1) is 16.1. The highest BCUT2D eigenvalue weighted by Gasteiger charge is 2.44. The first-order valence-corrected chi connectivity index (χ1v) is 10.7. The van der Waals surface area contributed by atoms with Crippen molar-refractivity contribution in [1.29, 1.82) is 0 Å². The van der Waals surface area contributed by atoms with Crippen molar-refractivity contribution in [3.8, 4) is 11.5 Å². The minimum Gasteiger partial charge on any atom is -0.506 e. The molecule has 3 aromatic rings. The molecule has 0 saturated carbocycles. The van der Waals surface area contributed by atoms with Gasteiger partial charge < -0.3 is 30.5 Å². The molecular formula is C24H21N3O7. The lowest BCUT2D eigenvalue weighted by atomic mass is 9.82. The van der Waals surface area contributed by atoms with Gasteiger partial charge in [-0.25, -0.2) is 0 Å². The van der Waals surface area contributed by atoms with Gasteiger partial charge in [0.05, 0.1) is 22.3 Å². The van der Waals surface area contributed by atoms with Crippen LogP contribution in [0.2, 0.25) is 0 Å². The molecule has 10 heteroatoms. The topological polar surface area (TPSA) is 163 Å². The van der Waals surface area contributed by atoms with Gasteiger partial charge in [-0.1, -0.05) is 24.3 Å². The number of carboxylic acids is 1. The molecule has 174 valence electrons. The number of phenolic OH excluding ortho intramolecular Hbond substituents is 2. The van der Waals surface area contributed by atoms with E-state index in [0.29, 0.717) is 13.0 Å². The highest BCUT2D eigenvalue weighted by molar-refractivity contribution is 6.34. The van der Waals surface area contributed by atoms with Gasteiger partial charge in [-0.2, -0.15) is 0 Å². The van der Waals surface area contributed by atoms with Crippen molar-refractivity contribution >= 4 is 34.2 Å². The Morgan fingerprint density at radius 2 is 1.62 bits per heavy atom. The number of hydrogen-bond acceptors (Lipinski definition) is 7. The van der Waals surface area contributed by atoms with Crippen LogP contribution >= 0.6 is 0 Å². The second-order valence-electron chi connectivity index (χ2n) is 8.61. The number of carboxylic acid groups (broad SMARTS) is 1. The molecule has 0 unspecified atom stereocenters. The fraction of sp³-hybridized carbons (Fsp3) is 0.250. The third-order valence-electron chi connectivity index (χ3n) is 6.60. The van der Waals surface area contributed by atoms with Crippen LogP contribution in [0.5, 0.6) is 11.5 Å². The summed E-state index contributed by atoms with van der Waals surface area (Å²) in [5.74, 6) is -4.48. The van der Waals surface area contributed by atoms with Crippen LogP contribution in [-0.2, 0) is 11.3 Å². The van der Waals surface area contributed by atoms with Gasteiger partial charge in [-0.15, -0.1) is 0 Å². The molecule has 1 fully saturated rings. The Hall–Kier alpha value is -4.18. The number of aliphatic carboxylic acids is 1. The molecule has 2 aliphatic rings. The summed E-state index contributed by atoms with van der Waals surface area (Å²) >= 11 is 0. The maximum atomic E-state index is 13.7. The van der Waals surface area contributed by atoms with E-state index in [1.54, 1.807) is 12.1 Å². The molecule has 5 N–H and O–H groups in total. The van der Waals surface area contributed by atoms with Gasteiger partial charge in [0.15, 0.2) is 0 Å². The van der Waals surface area contributed by atoms with Crippen molar-refractivity contribution in [2.75, 3.05) is 13.1 Å². The van der Waals surface area contributed by atoms with E-state index in [2.05, 4.69) is 0 Å². The Labute approximate surface area is 192 Å². The summed E-state index contributed by atoms with van der Waals surface area (Å²) in [6.07, 6.45) is 0.569.